The number of para-hydroxylation sites is 1. The molecule has 114 valence electrons. The van der Waals surface area contributed by atoms with E-state index in [0.29, 0.717) is 6.61 Å². The normalized spacial score (nSPS) is 10.8. The van der Waals surface area contributed by atoms with Gasteiger partial charge in [-0.1, -0.05) is 25.1 Å². The summed E-state index contributed by atoms with van der Waals surface area (Å²) in [5.74, 6) is 1.63. The molecule has 1 aromatic carbocycles. The maximum atomic E-state index is 5.94. The highest BCUT2D eigenvalue weighted by atomic mass is 16.5. The van der Waals surface area contributed by atoms with Crippen LogP contribution >= 0.6 is 0 Å². The van der Waals surface area contributed by atoms with E-state index >= 15 is 0 Å². The topological polar surface area (TPSA) is 48.3 Å². The van der Waals surface area contributed by atoms with Crippen LogP contribution < -0.4 is 10.1 Å². The SMILES string of the molecule is CCCn1cc(Oc2ccccc2CNCCOC)cn1. The lowest BCUT2D eigenvalue weighted by Crippen LogP contribution is -2.18. The molecule has 0 saturated carbocycles. The van der Waals surface area contributed by atoms with E-state index in [2.05, 4.69) is 23.4 Å². The first kappa shape index (κ1) is 15.5. The average molecular weight is 289 g/mol. The molecule has 1 aromatic heterocycles. The van der Waals surface area contributed by atoms with E-state index < -0.39 is 0 Å². The Morgan fingerprint density at radius 2 is 2.14 bits per heavy atom. The number of rotatable bonds is 9. The van der Waals surface area contributed by atoms with Crippen LogP contribution in [0, 0.1) is 0 Å². The molecule has 0 radical (unpaired) electrons. The van der Waals surface area contributed by atoms with Crippen LogP contribution in [0.4, 0.5) is 0 Å². The molecule has 1 heterocycles. The first-order valence-corrected chi connectivity index (χ1v) is 7.31. The fourth-order valence-corrected chi connectivity index (χ4v) is 2.02. The molecule has 0 atom stereocenters. The van der Waals surface area contributed by atoms with Gasteiger partial charge in [-0.05, 0) is 12.5 Å². The van der Waals surface area contributed by atoms with Crippen molar-refractivity contribution >= 4 is 0 Å². The van der Waals surface area contributed by atoms with Crippen LogP contribution in [0.1, 0.15) is 18.9 Å². The fourth-order valence-electron chi connectivity index (χ4n) is 2.02. The van der Waals surface area contributed by atoms with Gasteiger partial charge in [0.25, 0.3) is 0 Å². The summed E-state index contributed by atoms with van der Waals surface area (Å²) in [4.78, 5) is 0. The number of aromatic nitrogens is 2. The maximum absolute atomic E-state index is 5.94. The van der Waals surface area contributed by atoms with Gasteiger partial charge in [0.2, 0.25) is 0 Å². The number of benzene rings is 1. The zero-order valence-corrected chi connectivity index (χ0v) is 12.7. The third-order valence-electron chi connectivity index (χ3n) is 3.06. The molecule has 2 rings (SSSR count). The molecule has 1 N–H and O–H groups in total. The lowest BCUT2D eigenvalue weighted by molar-refractivity contribution is 0.199. The van der Waals surface area contributed by atoms with Crippen LogP contribution in [0.5, 0.6) is 11.5 Å². The Bertz CT molecular complexity index is 540. The van der Waals surface area contributed by atoms with Crippen molar-refractivity contribution in [3.05, 3.63) is 42.2 Å². The van der Waals surface area contributed by atoms with Gasteiger partial charge in [-0.2, -0.15) is 5.10 Å². The minimum Gasteiger partial charge on any atom is -0.454 e. The molecule has 0 saturated heterocycles. The molecule has 5 nitrogen and oxygen atoms in total. The minimum absolute atomic E-state index is 0.701. The highest BCUT2D eigenvalue weighted by Crippen LogP contribution is 2.24. The maximum Gasteiger partial charge on any atom is 0.165 e. The van der Waals surface area contributed by atoms with E-state index in [1.165, 1.54) is 0 Å². The molecule has 0 aliphatic rings. The highest BCUT2D eigenvalue weighted by Gasteiger charge is 2.06. The van der Waals surface area contributed by atoms with Crippen LogP contribution in [0.15, 0.2) is 36.7 Å². The number of methoxy groups -OCH3 is 1. The number of nitrogens with zero attached hydrogens (tertiary/aromatic N) is 2. The lowest BCUT2D eigenvalue weighted by Gasteiger charge is -2.10. The summed E-state index contributed by atoms with van der Waals surface area (Å²) in [6, 6.07) is 8.03. The Balaban J connectivity index is 1.98. The van der Waals surface area contributed by atoms with E-state index in [1.54, 1.807) is 13.3 Å². The molecule has 0 aliphatic carbocycles. The number of hydrogen-bond donors (Lipinski definition) is 1. The first-order valence-electron chi connectivity index (χ1n) is 7.31. The molecule has 0 spiro atoms. The van der Waals surface area contributed by atoms with E-state index in [9.17, 15) is 0 Å². The van der Waals surface area contributed by atoms with Gasteiger partial charge in [-0.25, -0.2) is 0 Å². The molecular formula is C16H23N3O2. The van der Waals surface area contributed by atoms with Crippen LogP contribution in [0.3, 0.4) is 0 Å². The molecule has 21 heavy (non-hydrogen) atoms. The van der Waals surface area contributed by atoms with Crippen molar-refractivity contribution in [2.24, 2.45) is 0 Å². The number of ether oxygens (including phenoxy) is 2. The van der Waals surface area contributed by atoms with Crippen LogP contribution in [-0.4, -0.2) is 30.0 Å². The molecule has 2 aromatic rings. The van der Waals surface area contributed by atoms with Crippen molar-refractivity contribution in [3.63, 3.8) is 0 Å². The van der Waals surface area contributed by atoms with Crippen molar-refractivity contribution in [2.45, 2.75) is 26.4 Å². The molecule has 0 unspecified atom stereocenters. The second-order valence-corrected chi connectivity index (χ2v) is 4.82. The van der Waals surface area contributed by atoms with Gasteiger partial charge in [-0.15, -0.1) is 0 Å². The fraction of sp³-hybridized carbons (Fsp3) is 0.438. The number of aryl methyl sites for hydroxylation is 1. The average Bonchev–Trinajstić information content (AvgIpc) is 2.93. The molecule has 0 aliphatic heterocycles. The van der Waals surface area contributed by atoms with Gasteiger partial charge in [0.05, 0.1) is 19.0 Å². The van der Waals surface area contributed by atoms with Gasteiger partial charge in [0.15, 0.2) is 5.75 Å². The molecular weight excluding hydrogens is 266 g/mol. The van der Waals surface area contributed by atoms with E-state index in [-0.39, 0.29) is 0 Å². The van der Waals surface area contributed by atoms with Crippen LogP contribution in [0.2, 0.25) is 0 Å². The summed E-state index contributed by atoms with van der Waals surface area (Å²) in [5.41, 5.74) is 1.12. The standard InChI is InChI=1S/C16H23N3O2/c1-3-9-19-13-15(12-18-19)21-16-7-5-4-6-14(16)11-17-8-10-20-2/h4-7,12-13,17H,3,8-11H2,1-2H3. The summed E-state index contributed by atoms with van der Waals surface area (Å²) < 4.78 is 12.9. The summed E-state index contributed by atoms with van der Waals surface area (Å²) in [5, 5.41) is 7.61. The minimum atomic E-state index is 0.701. The Hall–Kier alpha value is -1.85. The van der Waals surface area contributed by atoms with Gasteiger partial charge < -0.3 is 14.8 Å². The van der Waals surface area contributed by atoms with E-state index in [1.807, 2.05) is 29.1 Å². The van der Waals surface area contributed by atoms with Gasteiger partial charge in [0.1, 0.15) is 5.75 Å². The van der Waals surface area contributed by atoms with Crippen LogP contribution in [0.25, 0.3) is 0 Å². The zero-order valence-electron chi connectivity index (χ0n) is 12.7. The van der Waals surface area contributed by atoms with Crippen molar-refractivity contribution in [2.75, 3.05) is 20.3 Å². The monoisotopic (exact) mass is 289 g/mol. The molecule has 0 fully saturated rings. The smallest absolute Gasteiger partial charge is 0.165 e. The Morgan fingerprint density at radius 1 is 1.29 bits per heavy atom. The predicted octanol–water partition coefficient (Wildman–Crippen LogP) is 2.82. The second-order valence-electron chi connectivity index (χ2n) is 4.82. The quantitative estimate of drug-likeness (QED) is 0.721. The summed E-state index contributed by atoms with van der Waals surface area (Å²) >= 11 is 0. The first-order chi connectivity index (χ1) is 10.3. The molecule has 5 heteroatoms. The third-order valence-corrected chi connectivity index (χ3v) is 3.06. The predicted molar refractivity (Wildman–Crippen MR) is 82.6 cm³/mol. The van der Waals surface area contributed by atoms with Gasteiger partial charge in [0, 0.05) is 32.3 Å². The molecule has 0 amide bonds. The summed E-state index contributed by atoms with van der Waals surface area (Å²) in [7, 11) is 1.70. The van der Waals surface area contributed by atoms with Crippen molar-refractivity contribution in [1.82, 2.24) is 15.1 Å². The van der Waals surface area contributed by atoms with Gasteiger partial charge >= 0.3 is 0 Å². The molecule has 0 bridgehead atoms. The van der Waals surface area contributed by atoms with Gasteiger partial charge in [-0.3, -0.25) is 4.68 Å². The summed E-state index contributed by atoms with van der Waals surface area (Å²) in [6.07, 6.45) is 4.74. The van der Waals surface area contributed by atoms with E-state index in [0.717, 1.165) is 43.1 Å². The Labute approximate surface area is 125 Å². The number of hydrogen-bond acceptors (Lipinski definition) is 4. The Morgan fingerprint density at radius 3 is 2.95 bits per heavy atom. The van der Waals surface area contributed by atoms with Crippen molar-refractivity contribution in [3.8, 4) is 11.5 Å². The summed E-state index contributed by atoms with van der Waals surface area (Å²) in [6.45, 7) is 5.31. The largest absolute Gasteiger partial charge is 0.454 e. The van der Waals surface area contributed by atoms with Crippen molar-refractivity contribution < 1.29 is 9.47 Å². The second kappa shape index (κ2) is 8.44. The Kier molecular flexibility index (Phi) is 6.24. The third kappa shape index (κ3) is 4.88. The lowest BCUT2D eigenvalue weighted by atomic mass is 10.2. The zero-order chi connectivity index (χ0) is 14.9. The van der Waals surface area contributed by atoms with Crippen LogP contribution in [-0.2, 0) is 17.8 Å². The highest BCUT2D eigenvalue weighted by molar-refractivity contribution is 5.36. The van der Waals surface area contributed by atoms with E-state index in [4.69, 9.17) is 9.47 Å². The van der Waals surface area contributed by atoms with Crippen molar-refractivity contribution in [1.29, 1.82) is 0 Å². The number of nitrogens with one attached hydrogen (secondary N) is 1.